The van der Waals surface area contributed by atoms with Crippen LogP contribution in [0.15, 0.2) is 18.2 Å². The van der Waals surface area contributed by atoms with Gasteiger partial charge in [0.2, 0.25) is 0 Å². The van der Waals surface area contributed by atoms with Gasteiger partial charge in [0.05, 0.1) is 11.3 Å². The Bertz CT molecular complexity index is 446. The third-order valence-corrected chi connectivity index (χ3v) is 3.59. The number of nitrogen functional groups attached to an aromatic ring is 1. The molecule has 1 atom stereocenters. The van der Waals surface area contributed by atoms with E-state index in [-0.39, 0.29) is 0 Å². The summed E-state index contributed by atoms with van der Waals surface area (Å²) >= 11 is 0. The lowest BCUT2D eigenvalue weighted by atomic mass is 10.1. The van der Waals surface area contributed by atoms with E-state index in [1.807, 2.05) is 12.1 Å². The van der Waals surface area contributed by atoms with Crippen LogP contribution in [0.1, 0.15) is 39.2 Å². The van der Waals surface area contributed by atoms with Gasteiger partial charge >= 0.3 is 0 Å². The van der Waals surface area contributed by atoms with Gasteiger partial charge in [-0.15, -0.1) is 0 Å². The number of benzene rings is 1. The van der Waals surface area contributed by atoms with Crippen LogP contribution in [0.25, 0.3) is 0 Å². The number of nitrogens with two attached hydrogens (primary N) is 1. The van der Waals surface area contributed by atoms with Gasteiger partial charge in [0.1, 0.15) is 6.07 Å². The molecule has 1 aromatic carbocycles. The second kappa shape index (κ2) is 8.44. The molecule has 0 bridgehead atoms. The molecule has 4 nitrogen and oxygen atoms in total. The van der Waals surface area contributed by atoms with E-state index in [9.17, 15) is 0 Å². The maximum absolute atomic E-state index is 8.85. The summed E-state index contributed by atoms with van der Waals surface area (Å²) in [5, 5.41) is 12.3. The largest absolute Gasteiger partial charge is 0.398 e. The summed E-state index contributed by atoms with van der Waals surface area (Å²) in [6, 6.07) is 7.99. The topological polar surface area (TPSA) is 65.1 Å². The Labute approximate surface area is 122 Å². The fourth-order valence-corrected chi connectivity index (χ4v) is 2.27. The maximum atomic E-state index is 8.85. The molecule has 1 rings (SSSR count). The molecule has 3 N–H and O–H groups in total. The predicted molar refractivity (Wildman–Crippen MR) is 85.7 cm³/mol. The quantitative estimate of drug-likeness (QED) is 0.715. The zero-order chi connectivity index (χ0) is 15.0. The first kappa shape index (κ1) is 16.3. The third kappa shape index (κ3) is 5.10. The molecule has 0 fully saturated rings. The fourth-order valence-electron chi connectivity index (χ4n) is 2.27. The number of nitrogens with zero attached hydrogens (tertiary/aromatic N) is 2. The molecule has 0 heterocycles. The number of hydrogen-bond acceptors (Lipinski definition) is 4. The lowest BCUT2D eigenvalue weighted by Gasteiger charge is -2.20. The third-order valence-electron chi connectivity index (χ3n) is 3.59. The number of anilines is 2. The Morgan fingerprint density at radius 1 is 1.35 bits per heavy atom. The van der Waals surface area contributed by atoms with Gasteiger partial charge in [-0.05, 0) is 57.6 Å². The summed E-state index contributed by atoms with van der Waals surface area (Å²) in [6.45, 7) is 9.95. The molecule has 1 unspecified atom stereocenters. The smallest absolute Gasteiger partial charge is 0.101 e. The van der Waals surface area contributed by atoms with E-state index >= 15 is 0 Å². The van der Waals surface area contributed by atoms with Crippen LogP contribution in [-0.4, -0.2) is 30.6 Å². The van der Waals surface area contributed by atoms with E-state index < -0.39 is 0 Å². The molecule has 20 heavy (non-hydrogen) atoms. The molecule has 1 aromatic rings. The average Bonchev–Trinajstić information content (AvgIpc) is 2.44. The van der Waals surface area contributed by atoms with E-state index in [4.69, 9.17) is 11.0 Å². The van der Waals surface area contributed by atoms with Gasteiger partial charge in [-0.3, -0.25) is 0 Å². The van der Waals surface area contributed by atoms with Crippen LogP contribution in [0, 0.1) is 11.3 Å². The van der Waals surface area contributed by atoms with Gasteiger partial charge in [0, 0.05) is 11.7 Å². The highest BCUT2D eigenvalue weighted by Crippen LogP contribution is 2.18. The van der Waals surface area contributed by atoms with Crippen LogP contribution < -0.4 is 11.1 Å². The monoisotopic (exact) mass is 274 g/mol. The van der Waals surface area contributed by atoms with Crippen LogP contribution in [0.2, 0.25) is 0 Å². The summed E-state index contributed by atoms with van der Waals surface area (Å²) < 4.78 is 0. The lowest BCUT2D eigenvalue weighted by Crippen LogP contribution is -2.25. The van der Waals surface area contributed by atoms with E-state index in [0.29, 0.717) is 17.3 Å². The van der Waals surface area contributed by atoms with Crippen molar-refractivity contribution in [3.8, 4) is 6.07 Å². The molecule has 0 aliphatic heterocycles. The molecule has 0 saturated heterocycles. The van der Waals surface area contributed by atoms with Crippen molar-refractivity contribution in [1.29, 1.82) is 5.26 Å². The number of hydrogen-bond donors (Lipinski definition) is 2. The van der Waals surface area contributed by atoms with Gasteiger partial charge in [0.25, 0.3) is 0 Å². The van der Waals surface area contributed by atoms with Crippen molar-refractivity contribution >= 4 is 11.4 Å². The molecule has 0 aliphatic carbocycles. The second-order valence-electron chi connectivity index (χ2n) is 5.13. The van der Waals surface area contributed by atoms with Gasteiger partial charge in [-0.25, -0.2) is 0 Å². The van der Waals surface area contributed by atoms with Crippen LogP contribution >= 0.6 is 0 Å². The Morgan fingerprint density at radius 3 is 2.60 bits per heavy atom. The molecule has 0 aliphatic rings. The first-order chi connectivity index (χ1) is 9.60. The predicted octanol–water partition coefficient (Wildman–Crippen LogP) is 3.06. The van der Waals surface area contributed by atoms with Crippen molar-refractivity contribution in [3.05, 3.63) is 23.8 Å². The van der Waals surface area contributed by atoms with Crippen molar-refractivity contribution < 1.29 is 0 Å². The maximum Gasteiger partial charge on any atom is 0.101 e. The Kier molecular flexibility index (Phi) is 6.89. The Balaban J connectivity index is 2.41. The molecule has 0 spiro atoms. The van der Waals surface area contributed by atoms with Gasteiger partial charge in [-0.1, -0.05) is 13.8 Å². The van der Waals surface area contributed by atoms with Crippen molar-refractivity contribution in [2.45, 2.75) is 39.7 Å². The van der Waals surface area contributed by atoms with Crippen LogP contribution in [0.3, 0.4) is 0 Å². The fraction of sp³-hybridized carbons (Fsp3) is 0.562. The average molecular weight is 274 g/mol. The minimum Gasteiger partial charge on any atom is -0.398 e. The molecule has 0 saturated carbocycles. The number of nitrogens with one attached hydrogen (secondary N) is 1. The lowest BCUT2D eigenvalue weighted by molar-refractivity contribution is 0.295. The molecule has 0 amide bonds. The van der Waals surface area contributed by atoms with Crippen molar-refractivity contribution in [2.24, 2.45) is 0 Å². The first-order valence-electron chi connectivity index (χ1n) is 7.39. The van der Waals surface area contributed by atoms with Gasteiger partial charge < -0.3 is 16.0 Å². The molecular formula is C16H26N4. The Hall–Kier alpha value is -1.73. The van der Waals surface area contributed by atoms with Crippen LogP contribution in [0.5, 0.6) is 0 Å². The highest BCUT2D eigenvalue weighted by molar-refractivity contribution is 5.62. The standard InChI is InChI=1S/C16H26N4/c1-4-20(5-2)10-6-7-13(3)19-15-9-8-14(12-17)16(18)11-15/h8-9,11,13,19H,4-7,10,18H2,1-3H3. The Morgan fingerprint density at radius 2 is 2.05 bits per heavy atom. The van der Waals surface area contributed by atoms with Gasteiger partial charge in [0.15, 0.2) is 0 Å². The molecular weight excluding hydrogens is 248 g/mol. The first-order valence-corrected chi connectivity index (χ1v) is 7.39. The summed E-state index contributed by atoms with van der Waals surface area (Å²) in [5.41, 5.74) is 7.86. The van der Waals surface area contributed by atoms with Crippen LogP contribution in [-0.2, 0) is 0 Å². The van der Waals surface area contributed by atoms with Crippen molar-refractivity contribution in [2.75, 3.05) is 30.7 Å². The summed E-state index contributed by atoms with van der Waals surface area (Å²) in [7, 11) is 0. The second-order valence-corrected chi connectivity index (χ2v) is 5.13. The van der Waals surface area contributed by atoms with Crippen LogP contribution in [0.4, 0.5) is 11.4 Å². The normalized spacial score (nSPS) is 12.2. The zero-order valence-electron chi connectivity index (χ0n) is 12.8. The minimum atomic E-state index is 0.401. The SMILES string of the molecule is CCN(CC)CCCC(C)Nc1ccc(C#N)c(N)c1. The molecule has 0 radical (unpaired) electrons. The minimum absolute atomic E-state index is 0.401. The number of rotatable bonds is 8. The highest BCUT2D eigenvalue weighted by Gasteiger charge is 2.06. The van der Waals surface area contributed by atoms with E-state index in [0.717, 1.165) is 31.7 Å². The van der Waals surface area contributed by atoms with Crippen molar-refractivity contribution in [1.82, 2.24) is 4.90 Å². The molecule has 4 heteroatoms. The van der Waals surface area contributed by atoms with E-state index in [1.165, 1.54) is 6.42 Å². The summed E-state index contributed by atoms with van der Waals surface area (Å²) in [6.07, 6.45) is 2.30. The number of nitriles is 1. The summed E-state index contributed by atoms with van der Waals surface area (Å²) in [5.74, 6) is 0. The molecule has 110 valence electrons. The highest BCUT2D eigenvalue weighted by atomic mass is 15.1. The van der Waals surface area contributed by atoms with Crippen molar-refractivity contribution in [3.63, 3.8) is 0 Å². The summed E-state index contributed by atoms with van der Waals surface area (Å²) in [4.78, 5) is 2.44. The zero-order valence-corrected chi connectivity index (χ0v) is 12.8. The van der Waals surface area contributed by atoms with E-state index in [1.54, 1.807) is 6.07 Å². The molecule has 0 aromatic heterocycles. The van der Waals surface area contributed by atoms with Gasteiger partial charge in [-0.2, -0.15) is 5.26 Å². The van der Waals surface area contributed by atoms with E-state index in [2.05, 4.69) is 37.1 Å².